The Morgan fingerprint density at radius 3 is 2.29 bits per heavy atom. The van der Waals surface area contributed by atoms with Gasteiger partial charge in [-0.15, -0.1) is 11.3 Å². The van der Waals surface area contributed by atoms with Crippen LogP contribution in [0.25, 0.3) is 6.08 Å². The predicted octanol–water partition coefficient (Wildman–Crippen LogP) is 5.08. The van der Waals surface area contributed by atoms with Crippen LogP contribution in [0.3, 0.4) is 0 Å². The number of nitrogens with one attached hydrogen (secondary N) is 2. The maximum absolute atomic E-state index is 12.9. The second kappa shape index (κ2) is 8.67. The Labute approximate surface area is 168 Å². The summed E-state index contributed by atoms with van der Waals surface area (Å²) >= 11 is 1.50. The zero-order valence-electron chi connectivity index (χ0n) is 16.1. The highest BCUT2D eigenvalue weighted by molar-refractivity contribution is 7.10. The number of carbonyl (C=O) groups is 2. The van der Waals surface area contributed by atoms with Crippen LogP contribution in [0, 0.1) is 20.8 Å². The van der Waals surface area contributed by atoms with Gasteiger partial charge in [-0.3, -0.25) is 9.59 Å². The summed E-state index contributed by atoms with van der Waals surface area (Å²) in [5.74, 6) is -0.679. The van der Waals surface area contributed by atoms with Gasteiger partial charge in [0.25, 0.3) is 11.8 Å². The van der Waals surface area contributed by atoms with Gasteiger partial charge in [-0.25, -0.2) is 0 Å². The number of benzene rings is 2. The van der Waals surface area contributed by atoms with Gasteiger partial charge in [-0.05, 0) is 73.7 Å². The van der Waals surface area contributed by atoms with E-state index in [0.29, 0.717) is 11.3 Å². The minimum atomic E-state index is -0.362. The second-order valence-corrected chi connectivity index (χ2v) is 7.71. The zero-order chi connectivity index (χ0) is 20.1. The Morgan fingerprint density at radius 2 is 1.64 bits per heavy atom. The van der Waals surface area contributed by atoms with Gasteiger partial charge in [-0.2, -0.15) is 0 Å². The van der Waals surface area contributed by atoms with Gasteiger partial charge in [0.15, 0.2) is 0 Å². The normalized spacial score (nSPS) is 11.2. The van der Waals surface area contributed by atoms with E-state index in [0.717, 1.165) is 21.6 Å². The van der Waals surface area contributed by atoms with Crippen molar-refractivity contribution in [1.29, 1.82) is 0 Å². The molecule has 0 bridgehead atoms. The number of carbonyl (C=O) groups excluding carboxylic acids is 2. The van der Waals surface area contributed by atoms with Crippen molar-refractivity contribution >= 4 is 34.9 Å². The largest absolute Gasteiger partial charge is 0.321 e. The Kier molecular flexibility index (Phi) is 6.06. The Morgan fingerprint density at radius 1 is 0.893 bits per heavy atom. The minimum absolute atomic E-state index is 0.202. The van der Waals surface area contributed by atoms with Gasteiger partial charge in [0.05, 0.1) is 0 Å². The summed E-state index contributed by atoms with van der Waals surface area (Å²) in [5, 5.41) is 7.58. The van der Waals surface area contributed by atoms with Crippen molar-refractivity contribution in [3.05, 3.63) is 92.8 Å². The molecule has 2 amide bonds. The fourth-order valence-electron chi connectivity index (χ4n) is 2.90. The van der Waals surface area contributed by atoms with Crippen LogP contribution in [-0.4, -0.2) is 11.8 Å². The van der Waals surface area contributed by atoms with E-state index in [4.69, 9.17) is 0 Å². The molecule has 5 heteroatoms. The molecule has 2 aromatic carbocycles. The number of amides is 2. The van der Waals surface area contributed by atoms with Crippen molar-refractivity contribution in [3.63, 3.8) is 0 Å². The summed E-state index contributed by atoms with van der Waals surface area (Å²) in [6.07, 6.45) is 1.69. The highest BCUT2D eigenvalue weighted by Crippen LogP contribution is 2.17. The molecule has 0 aliphatic rings. The third kappa shape index (κ3) is 5.18. The van der Waals surface area contributed by atoms with Crippen molar-refractivity contribution in [3.8, 4) is 0 Å². The zero-order valence-corrected chi connectivity index (χ0v) is 16.9. The van der Waals surface area contributed by atoms with Crippen LogP contribution in [0.15, 0.2) is 65.7 Å². The standard InChI is InChI=1S/C23H22N2O2S/c1-15-6-4-7-18(11-15)22(26)25-21(14-20-8-5-9-28-20)23(27)24-19-12-16(2)10-17(3)13-19/h4-14H,1-3H3,(H,24,27)(H,25,26)/b21-14-. The smallest absolute Gasteiger partial charge is 0.272 e. The molecule has 1 aromatic heterocycles. The average Bonchev–Trinajstić information content (AvgIpc) is 3.13. The number of hydrogen-bond acceptors (Lipinski definition) is 3. The van der Waals surface area contributed by atoms with Gasteiger partial charge in [0, 0.05) is 16.1 Å². The van der Waals surface area contributed by atoms with E-state index in [2.05, 4.69) is 10.6 Å². The summed E-state index contributed by atoms with van der Waals surface area (Å²) in [7, 11) is 0. The molecular formula is C23H22N2O2S. The topological polar surface area (TPSA) is 58.2 Å². The van der Waals surface area contributed by atoms with E-state index in [1.807, 2.05) is 68.6 Å². The highest BCUT2D eigenvalue weighted by Gasteiger charge is 2.15. The third-order valence-corrected chi connectivity index (χ3v) is 4.90. The van der Waals surface area contributed by atoms with Crippen molar-refractivity contribution in [1.82, 2.24) is 5.32 Å². The molecule has 0 saturated heterocycles. The predicted molar refractivity (Wildman–Crippen MR) is 115 cm³/mol. The fraction of sp³-hybridized carbons (Fsp3) is 0.130. The maximum Gasteiger partial charge on any atom is 0.272 e. The summed E-state index contributed by atoms with van der Waals surface area (Å²) in [6, 6.07) is 16.9. The Balaban J connectivity index is 1.86. The minimum Gasteiger partial charge on any atom is -0.321 e. The third-order valence-electron chi connectivity index (χ3n) is 4.08. The van der Waals surface area contributed by atoms with E-state index >= 15 is 0 Å². The lowest BCUT2D eigenvalue weighted by atomic mass is 10.1. The monoisotopic (exact) mass is 390 g/mol. The van der Waals surface area contributed by atoms with E-state index in [1.54, 1.807) is 18.2 Å². The summed E-state index contributed by atoms with van der Waals surface area (Å²) < 4.78 is 0. The maximum atomic E-state index is 12.9. The lowest BCUT2D eigenvalue weighted by molar-refractivity contribution is -0.113. The number of anilines is 1. The van der Waals surface area contributed by atoms with Gasteiger partial charge in [0.2, 0.25) is 0 Å². The molecule has 3 rings (SSSR count). The molecule has 142 valence electrons. The van der Waals surface area contributed by atoms with E-state index in [9.17, 15) is 9.59 Å². The lowest BCUT2D eigenvalue weighted by Crippen LogP contribution is -2.30. The van der Waals surface area contributed by atoms with E-state index < -0.39 is 0 Å². The van der Waals surface area contributed by atoms with Crippen LogP contribution in [0.2, 0.25) is 0 Å². The summed E-state index contributed by atoms with van der Waals surface area (Å²) in [4.78, 5) is 26.5. The summed E-state index contributed by atoms with van der Waals surface area (Å²) in [5.41, 5.74) is 4.51. The first kappa shape index (κ1) is 19.6. The van der Waals surface area contributed by atoms with E-state index in [1.165, 1.54) is 11.3 Å². The van der Waals surface area contributed by atoms with Gasteiger partial charge in [0.1, 0.15) is 5.70 Å². The SMILES string of the molecule is Cc1cc(C)cc(NC(=O)/C(=C/c2cccs2)NC(=O)c2cccc(C)c2)c1. The van der Waals surface area contributed by atoms with Crippen LogP contribution in [0.1, 0.15) is 31.9 Å². The molecule has 0 spiro atoms. The number of thiophene rings is 1. The molecule has 3 aromatic rings. The van der Waals surface area contributed by atoms with Gasteiger partial charge < -0.3 is 10.6 Å². The quantitative estimate of drug-likeness (QED) is 0.597. The number of aryl methyl sites for hydroxylation is 3. The molecule has 0 atom stereocenters. The lowest BCUT2D eigenvalue weighted by Gasteiger charge is -2.12. The Bertz CT molecular complexity index is 1020. The first-order chi connectivity index (χ1) is 13.4. The van der Waals surface area contributed by atoms with Gasteiger partial charge in [-0.1, -0.05) is 29.8 Å². The van der Waals surface area contributed by atoms with Crippen molar-refractivity contribution < 1.29 is 9.59 Å². The first-order valence-corrected chi connectivity index (χ1v) is 9.81. The molecule has 0 saturated carbocycles. The van der Waals surface area contributed by atoms with E-state index in [-0.39, 0.29) is 17.5 Å². The molecule has 28 heavy (non-hydrogen) atoms. The van der Waals surface area contributed by atoms with Crippen molar-refractivity contribution in [2.24, 2.45) is 0 Å². The molecule has 0 aliphatic carbocycles. The summed E-state index contributed by atoms with van der Waals surface area (Å²) in [6.45, 7) is 5.88. The van der Waals surface area contributed by atoms with Crippen molar-refractivity contribution in [2.75, 3.05) is 5.32 Å². The fourth-order valence-corrected chi connectivity index (χ4v) is 3.56. The highest BCUT2D eigenvalue weighted by atomic mass is 32.1. The molecule has 2 N–H and O–H groups in total. The Hall–Kier alpha value is -3.18. The number of hydrogen-bond donors (Lipinski definition) is 2. The van der Waals surface area contributed by atoms with Crippen LogP contribution >= 0.6 is 11.3 Å². The molecule has 1 heterocycles. The van der Waals surface area contributed by atoms with Gasteiger partial charge >= 0.3 is 0 Å². The average molecular weight is 391 g/mol. The van der Waals surface area contributed by atoms with Crippen molar-refractivity contribution in [2.45, 2.75) is 20.8 Å². The number of rotatable bonds is 5. The van der Waals surface area contributed by atoms with Crippen LogP contribution in [0.4, 0.5) is 5.69 Å². The van der Waals surface area contributed by atoms with Crippen LogP contribution in [-0.2, 0) is 4.79 Å². The van der Waals surface area contributed by atoms with Crippen LogP contribution in [0.5, 0.6) is 0 Å². The molecule has 0 radical (unpaired) electrons. The molecule has 0 fully saturated rings. The molecule has 4 nitrogen and oxygen atoms in total. The molecular weight excluding hydrogens is 368 g/mol. The first-order valence-electron chi connectivity index (χ1n) is 8.93. The second-order valence-electron chi connectivity index (χ2n) is 6.73. The van der Waals surface area contributed by atoms with Crippen LogP contribution < -0.4 is 10.6 Å². The molecule has 0 unspecified atom stereocenters. The molecule has 0 aliphatic heterocycles.